The SMILES string of the molecule is CCN1CCc2c(sc(NC(=O)NCc3cccc(Cl)c3)c2C(N)=O)C1.Cl. The van der Waals surface area contributed by atoms with Crippen LogP contribution >= 0.6 is 35.3 Å². The van der Waals surface area contributed by atoms with Crippen molar-refractivity contribution >= 4 is 52.3 Å². The van der Waals surface area contributed by atoms with Gasteiger partial charge in [-0.15, -0.1) is 23.7 Å². The van der Waals surface area contributed by atoms with Crippen molar-refractivity contribution in [2.24, 2.45) is 5.73 Å². The van der Waals surface area contributed by atoms with Gasteiger partial charge in [0, 0.05) is 29.5 Å². The molecule has 0 fully saturated rings. The zero-order chi connectivity index (χ0) is 18.7. The average molecular weight is 429 g/mol. The van der Waals surface area contributed by atoms with Crippen molar-refractivity contribution in [3.63, 3.8) is 0 Å². The quantitative estimate of drug-likeness (QED) is 0.679. The van der Waals surface area contributed by atoms with Crippen molar-refractivity contribution in [1.29, 1.82) is 0 Å². The maximum Gasteiger partial charge on any atom is 0.320 e. The van der Waals surface area contributed by atoms with Crippen molar-refractivity contribution in [3.05, 3.63) is 50.9 Å². The first-order valence-corrected chi connectivity index (χ1v) is 9.63. The van der Waals surface area contributed by atoms with Crippen LogP contribution in [0.5, 0.6) is 0 Å². The Morgan fingerprint density at radius 3 is 2.81 bits per heavy atom. The monoisotopic (exact) mass is 428 g/mol. The lowest BCUT2D eigenvalue weighted by Gasteiger charge is -2.25. The van der Waals surface area contributed by atoms with E-state index in [-0.39, 0.29) is 18.4 Å². The number of nitrogens with zero attached hydrogens (tertiary/aromatic N) is 1. The van der Waals surface area contributed by atoms with Crippen LogP contribution in [0.25, 0.3) is 0 Å². The van der Waals surface area contributed by atoms with Gasteiger partial charge in [0.25, 0.3) is 5.91 Å². The highest BCUT2D eigenvalue weighted by Gasteiger charge is 2.27. The number of carbonyl (C=O) groups excluding carboxylic acids is 2. The largest absolute Gasteiger partial charge is 0.365 e. The second-order valence-corrected chi connectivity index (χ2v) is 7.67. The molecule has 2 aromatic rings. The summed E-state index contributed by atoms with van der Waals surface area (Å²) in [7, 11) is 0. The average Bonchev–Trinajstić information content (AvgIpc) is 2.96. The molecule has 0 spiro atoms. The van der Waals surface area contributed by atoms with Crippen LogP contribution in [-0.2, 0) is 19.5 Å². The number of benzene rings is 1. The zero-order valence-corrected chi connectivity index (χ0v) is 17.3. The number of hydrogen-bond donors (Lipinski definition) is 3. The second-order valence-electron chi connectivity index (χ2n) is 6.13. The Morgan fingerprint density at radius 2 is 2.15 bits per heavy atom. The van der Waals surface area contributed by atoms with Crippen molar-refractivity contribution in [1.82, 2.24) is 10.2 Å². The number of amides is 3. The minimum atomic E-state index is -0.502. The van der Waals surface area contributed by atoms with Crippen LogP contribution < -0.4 is 16.4 Å². The molecule has 2 heterocycles. The Labute approximate surface area is 173 Å². The van der Waals surface area contributed by atoms with Crippen LogP contribution in [0.3, 0.4) is 0 Å². The van der Waals surface area contributed by atoms with Crippen molar-refractivity contribution in [2.75, 3.05) is 18.4 Å². The highest BCUT2D eigenvalue weighted by molar-refractivity contribution is 7.17. The number of primary amides is 1. The summed E-state index contributed by atoms with van der Waals surface area (Å²) in [5, 5.41) is 6.69. The third-order valence-corrected chi connectivity index (χ3v) is 5.77. The second kappa shape index (κ2) is 9.41. The topological polar surface area (TPSA) is 87.5 Å². The van der Waals surface area contributed by atoms with Crippen LogP contribution in [0.1, 0.15) is 33.3 Å². The summed E-state index contributed by atoms with van der Waals surface area (Å²) in [5.41, 5.74) is 7.88. The molecule has 0 unspecified atom stereocenters. The number of carbonyl (C=O) groups is 2. The van der Waals surface area contributed by atoms with Crippen LogP contribution in [0.4, 0.5) is 9.80 Å². The van der Waals surface area contributed by atoms with E-state index in [2.05, 4.69) is 22.5 Å². The van der Waals surface area contributed by atoms with Gasteiger partial charge in [-0.2, -0.15) is 0 Å². The summed E-state index contributed by atoms with van der Waals surface area (Å²) in [6.07, 6.45) is 0.768. The normalized spacial score (nSPS) is 13.4. The highest BCUT2D eigenvalue weighted by atomic mass is 35.5. The third kappa shape index (κ3) is 5.13. The van der Waals surface area contributed by atoms with E-state index in [0.717, 1.165) is 42.1 Å². The molecule has 0 atom stereocenters. The number of rotatable bonds is 5. The van der Waals surface area contributed by atoms with Gasteiger partial charge in [0.15, 0.2) is 0 Å². The van der Waals surface area contributed by atoms with E-state index in [1.54, 1.807) is 12.1 Å². The molecule has 0 saturated heterocycles. The molecule has 1 aliphatic heterocycles. The lowest BCUT2D eigenvalue weighted by molar-refractivity contribution is 0.1000. The first-order valence-electron chi connectivity index (χ1n) is 8.44. The number of hydrogen-bond acceptors (Lipinski definition) is 4. The molecule has 1 aromatic carbocycles. The Morgan fingerprint density at radius 1 is 1.37 bits per heavy atom. The molecule has 146 valence electrons. The van der Waals surface area contributed by atoms with E-state index < -0.39 is 5.91 Å². The maximum absolute atomic E-state index is 12.3. The van der Waals surface area contributed by atoms with Gasteiger partial charge < -0.3 is 11.1 Å². The number of fused-ring (bicyclic) bond motifs is 1. The van der Waals surface area contributed by atoms with Gasteiger partial charge in [-0.25, -0.2) is 4.79 Å². The predicted molar refractivity (Wildman–Crippen MR) is 112 cm³/mol. The Kier molecular flexibility index (Phi) is 7.49. The van der Waals surface area contributed by atoms with E-state index in [1.165, 1.54) is 11.3 Å². The molecule has 1 aromatic heterocycles. The number of thiophene rings is 1. The van der Waals surface area contributed by atoms with Crippen molar-refractivity contribution < 1.29 is 9.59 Å². The third-order valence-electron chi connectivity index (χ3n) is 4.40. The number of nitrogens with one attached hydrogen (secondary N) is 2. The number of halogens is 2. The fourth-order valence-corrected chi connectivity index (χ4v) is 4.55. The maximum atomic E-state index is 12.3. The minimum Gasteiger partial charge on any atom is -0.365 e. The molecule has 0 bridgehead atoms. The van der Waals surface area contributed by atoms with Crippen LogP contribution in [0.2, 0.25) is 5.02 Å². The first-order chi connectivity index (χ1) is 12.5. The van der Waals surface area contributed by atoms with Crippen LogP contribution in [-0.4, -0.2) is 29.9 Å². The van der Waals surface area contributed by atoms with Crippen LogP contribution in [0.15, 0.2) is 24.3 Å². The summed E-state index contributed by atoms with van der Waals surface area (Å²) < 4.78 is 0. The van der Waals surface area contributed by atoms with E-state index in [4.69, 9.17) is 17.3 Å². The van der Waals surface area contributed by atoms with E-state index >= 15 is 0 Å². The number of anilines is 1. The number of urea groups is 1. The fraction of sp³-hybridized carbons (Fsp3) is 0.333. The van der Waals surface area contributed by atoms with Gasteiger partial charge in [0.2, 0.25) is 0 Å². The van der Waals surface area contributed by atoms with Crippen LogP contribution in [0, 0.1) is 0 Å². The Hall–Kier alpha value is -1.80. The van der Waals surface area contributed by atoms with Gasteiger partial charge in [0.05, 0.1) is 5.56 Å². The van der Waals surface area contributed by atoms with Gasteiger partial charge in [0.1, 0.15) is 5.00 Å². The number of nitrogens with two attached hydrogens (primary N) is 1. The number of likely N-dealkylation sites (N-methyl/N-ethyl adjacent to an activating group) is 1. The summed E-state index contributed by atoms with van der Waals surface area (Å²) in [6.45, 7) is 5.07. The van der Waals surface area contributed by atoms with Gasteiger partial charge in [-0.1, -0.05) is 30.7 Å². The summed E-state index contributed by atoms with van der Waals surface area (Å²) in [4.78, 5) is 27.6. The van der Waals surface area contributed by atoms with Crippen molar-refractivity contribution in [3.8, 4) is 0 Å². The Bertz CT molecular complexity index is 841. The summed E-state index contributed by atoms with van der Waals surface area (Å²) in [5.74, 6) is -0.502. The summed E-state index contributed by atoms with van der Waals surface area (Å²) >= 11 is 7.37. The lowest BCUT2D eigenvalue weighted by atomic mass is 10.0. The molecule has 0 aliphatic carbocycles. The van der Waals surface area contributed by atoms with E-state index in [1.807, 2.05) is 12.1 Å². The molecular weight excluding hydrogens is 407 g/mol. The lowest BCUT2D eigenvalue weighted by Crippen LogP contribution is -2.30. The first kappa shape index (κ1) is 21.5. The van der Waals surface area contributed by atoms with E-state index in [9.17, 15) is 9.59 Å². The fourth-order valence-electron chi connectivity index (χ4n) is 3.05. The van der Waals surface area contributed by atoms with Gasteiger partial charge >= 0.3 is 6.03 Å². The molecule has 6 nitrogen and oxygen atoms in total. The molecular formula is C18H22Cl2N4O2S. The van der Waals surface area contributed by atoms with E-state index in [0.29, 0.717) is 22.1 Å². The molecule has 0 radical (unpaired) electrons. The highest BCUT2D eigenvalue weighted by Crippen LogP contribution is 2.36. The predicted octanol–water partition coefficient (Wildman–Crippen LogP) is 3.62. The van der Waals surface area contributed by atoms with Crippen molar-refractivity contribution in [2.45, 2.75) is 26.4 Å². The zero-order valence-electron chi connectivity index (χ0n) is 14.9. The van der Waals surface area contributed by atoms with Gasteiger partial charge in [-0.05, 0) is 36.2 Å². The Balaban J connectivity index is 0.00000261. The molecule has 9 heteroatoms. The minimum absolute atomic E-state index is 0. The summed E-state index contributed by atoms with van der Waals surface area (Å²) in [6, 6.07) is 6.90. The molecule has 3 rings (SSSR count). The smallest absolute Gasteiger partial charge is 0.320 e. The molecule has 3 amide bonds. The molecule has 1 aliphatic rings. The molecule has 27 heavy (non-hydrogen) atoms. The molecule has 4 N–H and O–H groups in total. The standard InChI is InChI=1S/C18H21ClN4O2S.ClH/c1-2-23-7-6-13-14(10-23)26-17(15(13)16(20)24)22-18(25)21-9-11-4-3-5-12(19)8-11;/h3-5,8H,2,6-7,9-10H2,1H3,(H2,20,24)(H2,21,22,25);1H. The molecule has 0 saturated carbocycles. The van der Waals surface area contributed by atoms with Gasteiger partial charge in [-0.3, -0.25) is 15.0 Å².